The highest BCUT2D eigenvalue weighted by Crippen LogP contribution is 2.44. The van der Waals surface area contributed by atoms with Crippen LogP contribution in [0.1, 0.15) is 0 Å². The van der Waals surface area contributed by atoms with E-state index in [4.69, 9.17) is 11.8 Å². The minimum Gasteiger partial charge on any atom is -0.406 e. The number of benzene rings is 3. The van der Waals surface area contributed by atoms with Gasteiger partial charge in [-0.3, -0.25) is 0 Å². The molecule has 0 radical (unpaired) electrons. The van der Waals surface area contributed by atoms with Gasteiger partial charge >= 0.3 is 6.36 Å². The number of hydrogen-bond donors (Lipinski definition) is 1. The molecule has 0 aliphatic carbocycles. The molecule has 0 unspecified atom stereocenters. The lowest BCUT2D eigenvalue weighted by molar-refractivity contribution is -0.274. The highest BCUT2D eigenvalue weighted by molar-refractivity contribution is 8.22. The lowest BCUT2D eigenvalue weighted by atomic mass is 10.3. The zero-order valence-corrected chi connectivity index (χ0v) is 15.2. The first-order valence-corrected chi connectivity index (χ1v) is 10.5. The van der Waals surface area contributed by atoms with Crippen LogP contribution in [0.15, 0.2) is 84.9 Å². The Morgan fingerprint density at radius 2 is 1.19 bits per heavy atom. The van der Waals surface area contributed by atoms with Gasteiger partial charge in [-0.05, 0) is 24.3 Å². The molecule has 26 heavy (non-hydrogen) atoms. The average molecular weight is 393 g/mol. The highest BCUT2D eigenvalue weighted by Gasteiger charge is 2.31. The SMILES string of the molecule is FC(F)(F)Oc1ccc(NP(=S)(c2ccccc2)c2ccccc2)cc1. The molecule has 134 valence electrons. The zero-order chi connectivity index (χ0) is 18.6. The third kappa shape index (κ3) is 4.45. The number of alkyl halides is 3. The maximum absolute atomic E-state index is 12.3. The highest BCUT2D eigenvalue weighted by atomic mass is 32.4. The summed E-state index contributed by atoms with van der Waals surface area (Å²) in [7, 11) is 0. The van der Waals surface area contributed by atoms with Crippen LogP contribution in [0.3, 0.4) is 0 Å². The summed E-state index contributed by atoms with van der Waals surface area (Å²) in [4.78, 5) is 0. The molecular formula is C19H15F3NOPS. The van der Waals surface area contributed by atoms with Crippen molar-refractivity contribution in [2.45, 2.75) is 6.36 Å². The van der Waals surface area contributed by atoms with E-state index in [1.54, 1.807) is 0 Å². The fourth-order valence-corrected chi connectivity index (χ4v) is 5.77. The number of hydrogen-bond acceptors (Lipinski definition) is 2. The summed E-state index contributed by atoms with van der Waals surface area (Å²) in [5.41, 5.74) is 0.635. The van der Waals surface area contributed by atoms with Crippen LogP contribution in [0.25, 0.3) is 0 Å². The van der Waals surface area contributed by atoms with E-state index in [1.165, 1.54) is 24.3 Å². The summed E-state index contributed by atoms with van der Waals surface area (Å²) in [6.45, 7) is 0. The smallest absolute Gasteiger partial charge is 0.406 e. The van der Waals surface area contributed by atoms with Gasteiger partial charge in [0, 0.05) is 16.3 Å². The first-order chi connectivity index (χ1) is 12.4. The van der Waals surface area contributed by atoms with Gasteiger partial charge in [-0.25, -0.2) is 0 Å². The molecule has 2 nitrogen and oxygen atoms in total. The van der Waals surface area contributed by atoms with Gasteiger partial charge in [-0.15, -0.1) is 13.2 Å². The van der Waals surface area contributed by atoms with Gasteiger partial charge < -0.3 is 9.82 Å². The average Bonchev–Trinajstić information content (AvgIpc) is 2.63. The molecule has 7 heteroatoms. The maximum atomic E-state index is 12.3. The lowest BCUT2D eigenvalue weighted by Gasteiger charge is -2.25. The standard InChI is InChI=1S/C19H15F3NOPS/c20-19(21,22)24-16-13-11-15(12-14-16)23-25(26,17-7-3-1-4-8-17)18-9-5-2-6-10-18/h1-14H,(H,23,26). The van der Waals surface area contributed by atoms with Gasteiger partial charge in [-0.2, -0.15) is 0 Å². The van der Waals surface area contributed by atoms with Gasteiger partial charge in [0.2, 0.25) is 0 Å². The van der Waals surface area contributed by atoms with Crippen LogP contribution in [0, 0.1) is 0 Å². The third-order valence-corrected chi connectivity index (χ3v) is 7.78. The largest absolute Gasteiger partial charge is 0.573 e. The first kappa shape index (κ1) is 18.5. The van der Waals surface area contributed by atoms with E-state index in [9.17, 15) is 13.2 Å². The third-order valence-electron chi connectivity index (χ3n) is 3.61. The molecule has 0 bridgehead atoms. The van der Waals surface area contributed by atoms with Gasteiger partial charge in [0.05, 0.1) is 6.19 Å². The Labute approximate surface area is 154 Å². The summed E-state index contributed by atoms with van der Waals surface area (Å²) < 4.78 is 40.8. The van der Waals surface area contributed by atoms with Crippen molar-refractivity contribution in [3.8, 4) is 5.75 Å². The maximum Gasteiger partial charge on any atom is 0.573 e. The van der Waals surface area contributed by atoms with E-state index in [1.807, 2.05) is 60.7 Å². The summed E-state index contributed by atoms with van der Waals surface area (Å²) in [6, 6.07) is 25.0. The van der Waals surface area contributed by atoms with E-state index in [0.717, 1.165) is 10.6 Å². The van der Waals surface area contributed by atoms with Gasteiger partial charge in [0.25, 0.3) is 0 Å². The molecule has 0 saturated heterocycles. The Morgan fingerprint density at radius 3 is 1.62 bits per heavy atom. The van der Waals surface area contributed by atoms with Gasteiger partial charge in [-0.1, -0.05) is 72.5 Å². The Bertz CT molecular complexity index is 856. The molecule has 0 aromatic heterocycles. The van der Waals surface area contributed by atoms with Crippen molar-refractivity contribution in [2.75, 3.05) is 5.09 Å². The zero-order valence-electron chi connectivity index (χ0n) is 13.5. The minimum atomic E-state index is -4.71. The van der Waals surface area contributed by atoms with Crippen LogP contribution in [0.5, 0.6) is 5.75 Å². The Hall–Kier alpha value is -2.30. The molecule has 0 atom stereocenters. The summed E-state index contributed by atoms with van der Waals surface area (Å²) in [5.74, 6) is -0.268. The summed E-state index contributed by atoms with van der Waals surface area (Å²) in [5, 5.41) is 5.31. The van der Waals surface area contributed by atoms with Crippen LogP contribution in [-0.4, -0.2) is 6.36 Å². The van der Waals surface area contributed by atoms with Crippen molar-refractivity contribution in [3.05, 3.63) is 84.9 Å². The second kappa shape index (κ2) is 7.52. The monoisotopic (exact) mass is 393 g/mol. The number of ether oxygens (including phenoxy) is 1. The van der Waals surface area contributed by atoms with Crippen LogP contribution in [0.4, 0.5) is 18.9 Å². The van der Waals surface area contributed by atoms with Crippen LogP contribution >= 0.6 is 6.19 Å². The second-order valence-electron chi connectivity index (χ2n) is 5.46. The van der Waals surface area contributed by atoms with Crippen molar-refractivity contribution in [1.82, 2.24) is 0 Å². The normalized spacial score (nSPS) is 11.8. The Kier molecular flexibility index (Phi) is 5.35. The van der Waals surface area contributed by atoms with Gasteiger partial charge in [0.1, 0.15) is 5.75 Å². The van der Waals surface area contributed by atoms with E-state index in [0.29, 0.717) is 5.69 Å². The van der Waals surface area contributed by atoms with Crippen LogP contribution in [0.2, 0.25) is 0 Å². The molecule has 0 heterocycles. The molecule has 0 saturated carbocycles. The van der Waals surface area contributed by atoms with E-state index < -0.39 is 12.6 Å². The molecule has 0 fully saturated rings. The molecular weight excluding hydrogens is 378 g/mol. The molecule has 1 N–H and O–H groups in total. The second-order valence-corrected chi connectivity index (χ2v) is 9.58. The van der Waals surface area contributed by atoms with Crippen molar-refractivity contribution in [2.24, 2.45) is 0 Å². The van der Waals surface area contributed by atoms with Crippen molar-refractivity contribution in [3.63, 3.8) is 0 Å². The van der Waals surface area contributed by atoms with E-state index in [-0.39, 0.29) is 5.75 Å². The van der Waals surface area contributed by atoms with E-state index in [2.05, 4.69) is 9.82 Å². The summed E-state index contributed by atoms with van der Waals surface area (Å²) >= 11 is 6.03. The topological polar surface area (TPSA) is 21.3 Å². The van der Waals surface area contributed by atoms with Crippen LogP contribution < -0.4 is 20.4 Å². The number of anilines is 1. The molecule has 3 aromatic rings. The molecule has 3 rings (SSSR count). The van der Waals surface area contributed by atoms with Crippen molar-refractivity contribution in [1.29, 1.82) is 0 Å². The fraction of sp³-hybridized carbons (Fsp3) is 0.0526. The molecule has 0 aliphatic heterocycles. The number of rotatable bonds is 5. The molecule has 0 aliphatic rings. The Balaban J connectivity index is 1.94. The predicted octanol–water partition coefficient (Wildman–Crippen LogP) is 5.04. The molecule has 0 amide bonds. The molecule has 3 aromatic carbocycles. The van der Waals surface area contributed by atoms with E-state index >= 15 is 0 Å². The van der Waals surface area contributed by atoms with Crippen molar-refractivity contribution >= 4 is 34.3 Å². The number of halogens is 3. The first-order valence-electron chi connectivity index (χ1n) is 7.72. The molecule has 0 spiro atoms. The summed E-state index contributed by atoms with van der Waals surface area (Å²) in [6.07, 6.45) is -7.09. The lowest BCUT2D eigenvalue weighted by Crippen LogP contribution is -2.21. The van der Waals surface area contributed by atoms with Crippen LogP contribution in [-0.2, 0) is 11.8 Å². The minimum absolute atomic E-state index is 0.268. The predicted molar refractivity (Wildman–Crippen MR) is 103 cm³/mol. The number of nitrogens with one attached hydrogen (secondary N) is 1. The van der Waals surface area contributed by atoms with Gasteiger partial charge in [0.15, 0.2) is 0 Å². The Morgan fingerprint density at radius 1 is 0.731 bits per heavy atom. The quantitative estimate of drug-likeness (QED) is 0.614. The fourth-order valence-electron chi connectivity index (χ4n) is 2.47. The van der Waals surface area contributed by atoms with Crippen molar-refractivity contribution < 1.29 is 17.9 Å².